The van der Waals surface area contributed by atoms with E-state index in [9.17, 15) is 4.79 Å². The van der Waals surface area contributed by atoms with Gasteiger partial charge in [-0.3, -0.25) is 4.99 Å². The van der Waals surface area contributed by atoms with Crippen molar-refractivity contribution in [2.75, 3.05) is 7.11 Å². The van der Waals surface area contributed by atoms with Crippen LogP contribution in [0.25, 0.3) is 10.8 Å². The predicted octanol–water partition coefficient (Wildman–Crippen LogP) is 2.58. The highest BCUT2D eigenvalue weighted by atomic mass is 16.5. The van der Waals surface area contributed by atoms with E-state index in [1.54, 1.807) is 0 Å². The van der Waals surface area contributed by atoms with E-state index in [0.29, 0.717) is 6.54 Å². The Morgan fingerprint density at radius 1 is 1.24 bits per heavy atom. The summed E-state index contributed by atoms with van der Waals surface area (Å²) in [4.78, 5) is 15.0. The molecule has 17 heavy (non-hydrogen) atoms. The van der Waals surface area contributed by atoms with Crippen molar-refractivity contribution in [1.82, 2.24) is 0 Å². The van der Waals surface area contributed by atoms with Crippen molar-refractivity contribution in [1.29, 1.82) is 0 Å². The topological polar surface area (TPSA) is 38.7 Å². The van der Waals surface area contributed by atoms with Crippen LogP contribution in [0, 0.1) is 0 Å². The number of rotatable bonds is 3. The normalized spacial score (nSPS) is 10.9. The van der Waals surface area contributed by atoms with Gasteiger partial charge in [0.2, 0.25) is 0 Å². The van der Waals surface area contributed by atoms with E-state index in [1.807, 2.05) is 24.3 Å². The molecular formula is C14H13NO2. The largest absolute Gasteiger partial charge is 0.465 e. The molecule has 0 N–H and O–H groups in total. The van der Waals surface area contributed by atoms with Gasteiger partial charge in [-0.15, -0.1) is 0 Å². The quantitative estimate of drug-likeness (QED) is 0.597. The molecule has 0 saturated heterocycles. The molecule has 0 atom stereocenters. The van der Waals surface area contributed by atoms with Gasteiger partial charge in [0.25, 0.3) is 0 Å². The minimum Gasteiger partial charge on any atom is -0.465 e. The maximum Gasteiger partial charge on any atom is 0.348 e. The predicted molar refractivity (Wildman–Crippen MR) is 68.2 cm³/mol. The summed E-state index contributed by atoms with van der Waals surface area (Å²) >= 11 is 0. The third kappa shape index (κ3) is 2.69. The first-order chi connectivity index (χ1) is 8.31. The molecule has 2 rings (SSSR count). The lowest BCUT2D eigenvalue weighted by Gasteiger charge is -2.03. The van der Waals surface area contributed by atoms with Gasteiger partial charge in [-0.1, -0.05) is 42.5 Å². The molecule has 3 heteroatoms. The van der Waals surface area contributed by atoms with Crippen LogP contribution in [-0.4, -0.2) is 19.3 Å². The third-order valence-corrected chi connectivity index (χ3v) is 2.54. The second-order valence-electron chi connectivity index (χ2n) is 3.63. The van der Waals surface area contributed by atoms with Crippen LogP contribution < -0.4 is 0 Å². The van der Waals surface area contributed by atoms with Gasteiger partial charge in [0.15, 0.2) is 0 Å². The molecule has 86 valence electrons. The molecule has 3 nitrogen and oxygen atoms in total. The molecule has 0 aliphatic heterocycles. The standard InChI is InChI=1S/C14H13NO2/c1-17-14(16)10-15-9-12-7-4-6-11-5-2-3-8-13(11)12/h2-8,10H,9H2,1H3. The zero-order valence-corrected chi connectivity index (χ0v) is 9.59. The molecule has 0 aliphatic carbocycles. The molecule has 0 unspecified atom stereocenters. The molecule has 0 spiro atoms. The van der Waals surface area contributed by atoms with Crippen LogP contribution in [0.1, 0.15) is 5.56 Å². The van der Waals surface area contributed by atoms with Crippen LogP contribution in [0.5, 0.6) is 0 Å². The molecule has 0 amide bonds. The van der Waals surface area contributed by atoms with Crippen LogP contribution >= 0.6 is 0 Å². The van der Waals surface area contributed by atoms with E-state index in [-0.39, 0.29) is 0 Å². The Kier molecular flexibility index (Phi) is 3.50. The Morgan fingerprint density at radius 2 is 2.00 bits per heavy atom. The van der Waals surface area contributed by atoms with Gasteiger partial charge in [-0.05, 0) is 16.3 Å². The number of hydrogen-bond donors (Lipinski definition) is 0. The first-order valence-corrected chi connectivity index (χ1v) is 5.35. The van der Waals surface area contributed by atoms with Gasteiger partial charge in [-0.25, -0.2) is 4.79 Å². The monoisotopic (exact) mass is 227 g/mol. The van der Waals surface area contributed by atoms with Crippen LogP contribution in [-0.2, 0) is 16.1 Å². The zero-order valence-electron chi connectivity index (χ0n) is 9.59. The molecule has 0 fully saturated rings. The Bertz CT molecular complexity index is 556. The maximum atomic E-state index is 10.9. The second kappa shape index (κ2) is 5.25. The van der Waals surface area contributed by atoms with Crippen molar-refractivity contribution in [2.24, 2.45) is 4.99 Å². The highest BCUT2D eigenvalue weighted by molar-refractivity contribution is 6.23. The zero-order chi connectivity index (χ0) is 12.1. The molecule has 2 aromatic rings. The molecule has 0 bridgehead atoms. The first-order valence-electron chi connectivity index (χ1n) is 5.35. The van der Waals surface area contributed by atoms with Crippen molar-refractivity contribution in [3.63, 3.8) is 0 Å². The molecule has 0 heterocycles. The Morgan fingerprint density at radius 3 is 2.82 bits per heavy atom. The number of hydrogen-bond acceptors (Lipinski definition) is 3. The first kappa shape index (κ1) is 11.3. The summed E-state index contributed by atoms with van der Waals surface area (Å²) in [6.07, 6.45) is 1.21. The van der Waals surface area contributed by atoms with Gasteiger partial charge in [0.05, 0.1) is 13.7 Å². The number of nitrogens with zero attached hydrogens (tertiary/aromatic N) is 1. The number of carbonyl (C=O) groups excluding carboxylic acids is 1. The van der Waals surface area contributed by atoms with E-state index >= 15 is 0 Å². The average Bonchev–Trinajstić information content (AvgIpc) is 2.39. The number of benzene rings is 2. The van der Waals surface area contributed by atoms with Crippen molar-refractivity contribution in [3.8, 4) is 0 Å². The number of aliphatic imine (C=N–C) groups is 1. The molecular weight excluding hydrogens is 214 g/mol. The van der Waals surface area contributed by atoms with Gasteiger partial charge in [0, 0.05) is 0 Å². The van der Waals surface area contributed by atoms with E-state index in [2.05, 4.69) is 27.9 Å². The van der Waals surface area contributed by atoms with Crippen molar-refractivity contribution < 1.29 is 9.53 Å². The fourth-order valence-electron chi connectivity index (χ4n) is 1.70. The van der Waals surface area contributed by atoms with Gasteiger partial charge >= 0.3 is 5.97 Å². The van der Waals surface area contributed by atoms with Gasteiger partial charge in [-0.2, -0.15) is 0 Å². The smallest absolute Gasteiger partial charge is 0.348 e. The van der Waals surface area contributed by atoms with E-state index in [1.165, 1.54) is 18.7 Å². The summed E-state index contributed by atoms with van der Waals surface area (Å²) in [5, 5.41) is 2.34. The Hall–Kier alpha value is -2.16. The van der Waals surface area contributed by atoms with Crippen LogP contribution in [0.4, 0.5) is 0 Å². The van der Waals surface area contributed by atoms with Gasteiger partial charge < -0.3 is 4.74 Å². The van der Waals surface area contributed by atoms with Crippen LogP contribution in [0.2, 0.25) is 0 Å². The van der Waals surface area contributed by atoms with E-state index in [4.69, 9.17) is 0 Å². The minimum absolute atomic E-state index is 0.426. The Balaban J connectivity index is 2.24. The average molecular weight is 227 g/mol. The molecule has 0 aromatic heterocycles. The van der Waals surface area contributed by atoms with Gasteiger partial charge in [0.1, 0.15) is 6.21 Å². The molecule has 0 aliphatic rings. The van der Waals surface area contributed by atoms with E-state index in [0.717, 1.165) is 10.9 Å². The lowest BCUT2D eigenvalue weighted by molar-refractivity contribution is -0.132. The maximum absolute atomic E-state index is 10.9. The fraction of sp³-hybridized carbons (Fsp3) is 0.143. The number of methoxy groups -OCH3 is 1. The lowest BCUT2D eigenvalue weighted by Crippen LogP contribution is -2.01. The van der Waals surface area contributed by atoms with E-state index < -0.39 is 5.97 Å². The highest BCUT2D eigenvalue weighted by Gasteiger charge is 1.99. The number of carbonyl (C=O) groups is 1. The summed E-state index contributed by atoms with van der Waals surface area (Å²) in [5.41, 5.74) is 1.10. The summed E-state index contributed by atoms with van der Waals surface area (Å²) in [5.74, 6) is -0.426. The third-order valence-electron chi connectivity index (χ3n) is 2.54. The van der Waals surface area contributed by atoms with Crippen molar-refractivity contribution in [2.45, 2.75) is 6.54 Å². The number of esters is 1. The van der Waals surface area contributed by atoms with Crippen molar-refractivity contribution in [3.05, 3.63) is 48.0 Å². The molecule has 2 aromatic carbocycles. The SMILES string of the molecule is COC(=O)C=NCc1cccc2ccccc12. The molecule has 0 radical (unpaired) electrons. The lowest BCUT2D eigenvalue weighted by atomic mass is 10.1. The van der Waals surface area contributed by atoms with Crippen molar-refractivity contribution >= 4 is 23.0 Å². The van der Waals surface area contributed by atoms with Crippen LogP contribution in [0.15, 0.2) is 47.5 Å². The highest BCUT2D eigenvalue weighted by Crippen LogP contribution is 2.18. The molecule has 0 saturated carbocycles. The number of ether oxygens (including phenoxy) is 1. The summed E-state index contributed by atoms with van der Waals surface area (Å²) in [6.45, 7) is 0.483. The van der Waals surface area contributed by atoms with Crippen LogP contribution in [0.3, 0.4) is 0 Å². The summed E-state index contributed by atoms with van der Waals surface area (Å²) in [7, 11) is 1.34. The second-order valence-corrected chi connectivity index (χ2v) is 3.63. The fourth-order valence-corrected chi connectivity index (χ4v) is 1.70. The summed E-state index contributed by atoms with van der Waals surface area (Å²) in [6, 6.07) is 14.2. The summed E-state index contributed by atoms with van der Waals surface area (Å²) < 4.78 is 4.49. The number of fused-ring (bicyclic) bond motifs is 1. The minimum atomic E-state index is -0.426. The Labute approximate surface area is 99.7 Å².